The van der Waals surface area contributed by atoms with Gasteiger partial charge in [0.05, 0.1) is 12.2 Å². The number of nitrogens with one attached hydrogen (secondary N) is 1. The van der Waals surface area contributed by atoms with Gasteiger partial charge in [-0.05, 0) is 50.3 Å². The van der Waals surface area contributed by atoms with Gasteiger partial charge in [0.15, 0.2) is 0 Å². The van der Waals surface area contributed by atoms with Crippen molar-refractivity contribution in [1.29, 1.82) is 0 Å². The second kappa shape index (κ2) is 5.59. The molecule has 2 fully saturated rings. The second-order valence-corrected chi connectivity index (χ2v) is 6.00. The molecule has 0 aliphatic carbocycles. The van der Waals surface area contributed by atoms with Gasteiger partial charge in [-0.2, -0.15) is 0 Å². The minimum absolute atomic E-state index is 0.405. The molecule has 0 radical (unpaired) electrons. The van der Waals surface area contributed by atoms with Gasteiger partial charge >= 0.3 is 0 Å². The van der Waals surface area contributed by atoms with E-state index in [0.29, 0.717) is 24.2 Å². The van der Waals surface area contributed by atoms with Gasteiger partial charge in [0.1, 0.15) is 0 Å². The zero-order valence-electron chi connectivity index (χ0n) is 11.9. The molecular weight excluding hydrogens is 236 g/mol. The van der Waals surface area contributed by atoms with E-state index < -0.39 is 0 Å². The van der Waals surface area contributed by atoms with Crippen LogP contribution in [0.5, 0.6) is 0 Å². The summed E-state index contributed by atoms with van der Waals surface area (Å²) in [4.78, 5) is 4.37. The summed E-state index contributed by atoms with van der Waals surface area (Å²) >= 11 is 0. The van der Waals surface area contributed by atoms with E-state index in [4.69, 9.17) is 4.74 Å². The standard InChI is InChI=1S/C16H24N2O/c1-3-6-18-16(12-7-11(2)9-17-10-12)14-8-13-4-5-15(14)19-13/h7,9-10,13-16,18H,3-6,8H2,1-2H3. The van der Waals surface area contributed by atoms with E-state index in [1.807, 2.05) is 12.4 Å². The van der Waals surface area contributed by atoms with Gasteiger partial charge in [-0.3, -0.25) is 4.98 Å². The number of hydrogen-bond acceptors (Lipinski definition) is 3. The van der Waals surface area contributed by atoms with Gasteiger partial charge in [0.2, 0.25) is 0 Å². The molecule has 3 heterocycles. The van der Waals surface area contributed by atoms with Gasteiger partial charge in [-0.25, -0.2) is 0 Å². The normalized spacial score (nSPS) is 30.7. The highest BCUT2D eigenvalue weighted by Crippen LogP contribution is 2.44. The van der Waals surface area contributed by atoms with Gasteiger partial charge in [0.25, 0.3) is 0 Å². The molecule has 19 heavy (non-hydrogen) atoms. The maximum absolute atomic E-state index is 6.04. The fraction of sp³-hybridized carbons (Fsp3) is 0.688. The predicted octanol–water partition coefficient (Wildman–Crippen LogP) is 3.00. The lowest BCUT2D eigenvalue weighted by atomic mass is 9.81. The van der Waals surface area contributed by atoms with Crippen LogP contribution in [-0.4, -0.2) is 23.7 Å². The van der Waals surface area contributed by atoms with Crippen molar-refractivity contribution < 1.29 is 4.74 Å². The molecule has 0 aromatic carbocycles. The molecule has 2 aliphatic rings. The topological polar surface area (TPSA) is 34.2 Å². The molecule has 3 nitrogen and oxygen atoms in total. The van der Waals surface area contributed by atoms with Crippen molar-refractivity contribution in [2.75, 3.05) is 6.54 Å². The summed E-state index contributed by atoms with van der Waals surface area (Å²) in [7, 11) is 0. The highest BCUT2D eigenvalue weighted by Gasteiger charge is 2.44. The average Bonchev–Trinajstić information content (AvgIpc) is 3.02. The van der Waals surface area contributed by atoms with Crippen LogP contribution < -0.4 is 5.32 Å². The van der Waals surface area contributed by atoms with Crippen LogP contribution in [-0.2, 0) is 4.74 Å². The lowest BCUT2D eigenvalue weighted by Crippen LogP contribution is -2.34. The Balaban J connectivity index is 1.81. The largest absolute Gasteiger partial charge is 0.375 e. The number of aryl methyl sites for hydroxylation is 1. The quantitative estimate of drug-likeness (QED) is 0.883. The SMILES string of the molecule is CCCNC(c1cncc(C)c1)C1CC2CCC1O2. The van der Waals surface area contributed by atoms with Crippen LogP contribution in [0.15, 0.2) is 18.5 Å². The maximum atomic E-state index is 6.04. The highest BCUT2D eigenvalue weighted by atomic mass is 16.5. The van der Waals surface area contributed by atoms with Gasteiger partial charge < -0.3 is 10.1 Å². The molecular formula is C16H24N2O. The molecule has 0 spiro atoms. The summed E-state index contributed by atoms with van der Waals surface area (Å²) in [5.41, 5.74) is 2.57. The van der Waals surface area contributed by atoms with Crippen molar-refractivity contribution >= 4 is 0 Å². The Bertz CT molecular complexity index is 435. The lowest BCUT2D eigenvalue weighted by molar-refractivity contribution is 0.0856. The van der Waals surface area contributed by atoms with Gasteiger partial charge in [-0.1, -0.05) is 13.0 Å². The van der Waals surface area contributed by atoms with Crippen molar-refractivity contribution in [3.05, 3.63) is 29.6 Å². The lowest BCUT2D eigenvalue weighted by Gasteiger charge is -2.29. The second-order valence-electron chi connectivity index (χ2n) is 6.00. The third-order valence-corrected chi connectivity index (χ3v) is 4.45. The van der Waals surface area contributed by atoms with E-state index in [1.165, 1.54) is 30.4 Å². The number of ether oxygens (including phenoxy) is 1. The van der Waals surface area contributed by atoms with E-state index in [0.717, 1.165) is 13.0 Å². The predicted molar refractivity (Wildman–Crippen MR) is 76.0 cm³/mol. The Hall–Kier alpha value is -0.930. The molecule has 2 saturated heterocycles. The fourth-order valence-corrected chi connectivity index (χ4v) is 3.59. The third-order valence-electron chi connectivity index (χ3n) is 4.45. The molecule has 3 heteroatoms. The van der Waals surface area contributed by atoms with Crippen LogP contribution in [0.2, 0.25) is 0 Å². The molecule has 4 unspecified atom stereocenters. The Morgan fingerprint density at radius 3 is 2.95 bits per heavy atom. The van der Waals surface area contributed by atoms with Crippen molar-refractivity contribution in [1.82, 2.24) is 10.3 Å². The maximum Gasteiger partial charge on any atom is 0.0627 e. The summed E-state index contributed by atoms with van der Waals surface area (Å²) in [6.07, 6.45) is 9.78. The van der Waals surface area contributed by atoms with Gasteiger partial charge in [-0.15, -0.1) is 0 Å². The number of nitrogens with zero attached hydrogens (tertiary/aromatic N) is 1. The average molecular weight is 260 g/mol. The van der Waals surface area contributed by atoms with Crippen LogP contribution in [0.4, 0.5) is 0 Å². The number of aromatic nitrogens is 1. The molecule has 104 valence electrons. The Labute approximate surface area is 115 Å². The van der Waals surface area contributed by atoms with Gasteiger partial charge in [0, 0.05) is 24.4 Å². The number of rotatable bonds is 5. The number of pyridine rings is 1. The first-order chi connectivity index (χ1) is 9.28. The summed E-state index contributed by atoms with van der Waals surface area (Å²) in [6.45, 7) is 5.40. The first-order valence-electron chi connectivity index (χ1n) is 7.58. The monoisotopic (exact) mass is 260 g/mol. The summed E-state index contributed by atoms with van der Waals surface area (Å²) in [5, 5.41) is 3.72. The minimum atomic E-state index is 0.405. The first-order valence-corrected chi connectivity index (χ1v) is 7.58. The summed E-state index contributed by atoms with van der Waals surface area (Å²) in [5.74, 6) is 0.619. The Kier molecular flexibility index (Phi) is 3.85. The first kappa shape index (κ1) is 13.1. The van der Waals surface area contributed by atoms with Crippen molar-refractivity contribution in [3.8, 4) is 0 Å². The third kappa shape index (κ3) is 2.67. The fourth-order valence-electron chi connectivity index (χ4n) is 3.59. The van der Waals surface area contributed by atoms with Crippen LogP contribution in [0.1, 0.15) is 49.8 Å². The minimum Gasteiger partial charge on any atom is -0.375 e. The van der Waals surface area contributed by atoms with Crippen LogP contribution in [0.25, 0.3) is 0 Å². The van der Waals surface area contributed by atoms with Crippen molar-refractivity contribution in [2.24, 2.45) is 5.92 Å². The van der Waals surface area contributed by atoms with Crippen molar-refractivity contribution in [3.63, 3.8) is 0 Å². The molecule has 1 N–H and O–H groups in total. The molecule has 0 saturated carbocycles. The molecule has 2 aliphatic heterocycles. The molecule has 1 aromatic heterocycles. The van der Waals surface area contributed by atoms with Crippen LogP contribution in [0.3, 0.4) is 0 Å². The molecule has 1 aromatic rings. The van der Waals surface area contributed by atoms with E-state index >= 15 is 0 Å². The van der Waals surface area contributed by atoms with Crippen molar-refractivity contribution in [2.45, 2.75) is 57.8 Å². The molecule has 0 amide bonds. The zero-order valence-corrected chi connectivity index (χ0v) is 11.9. The van der Waals surface area contributed by atoms with E-state index in [2.05, 4.69) is 30.2 Å². The summed E-state index contributed by atoms with van der Waals surface area (Å²) < 4.78 is 6.04. The number of hydrogen-bond donors (Lipinski definition) is 1. The highest BCUT2D eigenvalue weighted by molar-refractivity contribution is 5.22. The molecule has 2 bridgehead atoms. The van der Waals surface area contributed by atoms with Crippen LogP contribution >= 0.6 is 0 Å². The molecule has 4 atom stereocenters. The molecule has 3 rings (SSSR count). The number of fused-ring (bicyclic) bond motifs is 2. The Morgan fingerprint density at radius 1 is 1.42 bits per heavy atom. The Morgan fingerprint density at radius 2 is 2.32 bits per heavy atom. The summed E-state index contributed by atoms with van der Waals surface area (Å²) in [6, 6.07) is 2.68. The zero-order chi connectivity index (χ0) is 13.2. The van der Waals surface area contributed by atoms with E-state index in [1.54, 1.807) is 0 Å². The van der Waals surface area contributed by atoms with Crippen LogP contribution in [0, 0.1) is 12.8 Å². The van der Waals surface area contributed by atoms with E-state index in [-0.39, 0.29) is 0 Å². The van der Waals surface area contributed by atoms with E-state index in [9.17, 15) is 0 Å². The smallest absolute Gasteiger partial charge is 0.0627 e.